The maximum Gasteiger partial charge on any atom is 0.246 e. The molecular weight excluding hydrogens is 364 g/mol. The third-order valence-corrected chi connectivity index (χ3v) is 6.86. The van der Waals surface area contributed by atoms with E-state index in [1.165, 1.54) is 4.31 Å². The molecule has 1 aliphatic rings. The first kappa shape index (κ1) is 18.0. The number of halogens is 1. The van der Waals surface area contributed by atoms with Gasteiger partial charge in [0.15, 0.2) is 0 Å². The van der Waals surface area contributed by atoms with Gasteiger partial charge in [0.25, 0.3) is 0 Å². The molecule has 1 N–H and O–H groups in total. The van der Waals surface area contributed by atoms with E-state index in [-0.39, 0.29) is 4.90 Å². The van der Waals surface area contributed by atoms with Crippen molar-refractivity contribution >= 4 is 27.3 Å². The van der Waals surface area contributed by atoms with Gasteiger partial charge in [-0.25, -0.2) is 8.42 Å². The zero-order chi connectivity index (χ0) is 18.2. The molecule has 0 amide bonds. The molecule has 0 aliphatic carbocycles. The van der Waals surface area contributed by atoms with E-state index in [0.29, 0.717) is 48.3 Å². The number of sulfonamides is 1. The van der Waals surface area contributed by atoms with Crippen LogP contribution in [0.4, 0.5) is 5.69 Å². The van der Waals surface area contributed by atoms with Crippen molar-refractivity contribution in [3.05, 3.63) is 34.6 Å². The summed E-state index contributed by atoms with van der Waals surface area (Å²) in [6.45, 7) is 5.44. The first-order valence-corrected chi connectivity index (χ1v) is 9.76. The van der Waals surface area contributed by atoms with Gasteiger partial charge < -0.3 is 9.64 Å². The van der Waals surface area contributed by atoms with Gasteiger partial charge in [-0.15, -0.1) is 0 Å². The summed E-state index contributed by atoms with van der Waals surface area (Å²) in [4.78, 5) is 2.40. The van der Waals surface area contributed by atoms with E-state index in [4.69, 9.17) is 16.3 Å². The lowest BCUT2D eigenvalue weighted by Gasteiger charge is -2.35. The second kappa shape index (κ2) is 6.86. The van der Waals surface area contributed by atoms with Crippen molar-refractivity contribution in [3.8, 4) is 5.75 Å². The molecular formula is C16H21ClN4O3S. The molecule has 0 radical (unpaired) electrons. The van der Waals surface area contributed by atoms with Crippen LogP contribution >= 0.6 is 11.6 Å². The molecule has 1 saturated heterocycles. The molecule has 2 heterocycles. The van der Waals surface area contributed by atoms with Gasteiger partial charge >= 0.3 is 0 Å². The topological polar surface area (TPSA) is 78.5 Å². The summed E-state index contributed by atoms with van der Waals surface area (Å²) < 4.78 is 32.4. The summed E-state index contributed by atoms with van der Waals surface area (Å²) in [6.07, 6.45) is 0. The largest absolute Gasteiger partial charge is 0.495 e. The Morgan fingerprint density at radius 2 is 1.88 bits per heavy atom. The van der Waals surface area contributed by atoms with Crippen molar-refractivity contribution in [3.63, 3.8) is 0 Å². The molecule has 1 aromatic carbocycles. The highest BCUT2D eigenvalue weighted by molar-refractivity contribution is 7.89. The second-order valence-electron chi connectivity index (χ2n) is 5.97. The highest BCUT2D eigenvalue weighted by Crippen LogP contribution is 2.30. The summed E-state index contributed by atoms with van der Waals surface area (Å²) in [5, 5.41) is 7.28. The molecule has 9 heteroatoms. The predicted octanol–water partition coefficient (Wildman–Crippen LogP) is 2.20. The molecule has 0 unspecified atom stereocenters. The summed E-state index contributed by atoms with van der Waals surface area (Å²) >= 11 is 6.18. The molecule has 0 saturated carbocycles. The molecule has 25 heavy (non-hydrogen) atoms. The Kier molecular flexibility index (Phi) is 4.95. The number of benzene rings is 1. The van der Waals surface area contributed by atoms with Gasteiger partial charge in [0.05, 0.1) is 23.5 Å². The van der Waals surface area contributed by atoms with Crippen molar-refractivity contribution in [2.24, 2.45) is 0 Å². The summed E-state index contributed by atoms with van der Waals surface area (Å²) in [5.41, 5.74) is 2.03. The second-order valence-corrected chi connectivity index (χ2v) is 8.26. The van der Waals surface area contributed by atoms with Gasteiger partial charge in [-0.3, -0.25) is 5.10 Å². The lowest BCUT2D eigenvalue weighted by atomic mass is 10.2. The van der Waals surface area contributed by atoms with Crippen molar-refractivity contribution in [2.75, 3.05) is 38.2 Å². The minimum Gasteiger partial charge on any atom is -0.495 e. The van der Waals surface area contributed by atoms with Gasteiger partial charge in [-0.2, -0.15) is 9.40 Å². The quantitative estimate of drug-likeness (QED) is 0.874. The molecule has 0 spiro atoms. The normalized spacial score (nSPS) is 16.2. The number of H-pyrrole nitrogens is 1. The highest BCUT2D eigenvalue weighted by Gasteiger charge is 2.32. The zero-order valence-electron chi connectivity index (χ0n) is 14.4. The molecule has 7 nitrogen and oxygen atoms in total. The third-order valence-electron chi connectivity index (χ3n) is 4.40. The van der Waals surface area contributed by atoms with Crippen LogP contribution in [0.5, 0.6) is 5.75 Å². The van der Waals surface area contributed by atoms with Crippen molar-refractivity contribution in [1.82, 2.24) is 14.5 Å². The van der Waals surface area contributed by atoms with Crippen LogP contribution in [0.2, 0.25) is 5.02 Å². The molecule has 1 aliphatic heterocycles. The number of hydrogen-bond acceptors (Lipinski definition) is 5. The summed E-state index contributed by atoms with van der Waals surface area (Å²) in [5.74, 6) is 0.623. The van der Waals surface area contributed by atoms with Gasteiger partial charge in [-0.1, -0.05) is 11.6 Å². The average molecular weight is 385 g/mol. The van der Waals surface area contributed by atoms with E-state index in [1.54, 1.807) is 21.0 Å². The molecule has 1 aromatic heterocycles. The molecule has 136 valence electrons. The van der Waals surface area contributed by atoms with Gasteiger partial charge in [0, 0.05) is 31.9 Å². The number of nitrogens with one attached hydrogen (secondary N) is 1. The van der Waals surface area contributed by atoms with E-state index in [0.717, 1.165) is 5.69 Å². The standard InChI is InChI=1S/C16H21ClN4O3S/c1-11-16(12(2)19-18-11)25(22,23)21-8-6-20(7-9-21)13-4-5-15(24-3)14(17)10-13/h4-5,10H,6-9H2,1-3H3,(H,18,19). The van der Waals surface area contributed by atoms with E-state index >= 15 is 0 Å². The number of ether oxygens (including phenoxy) is 1. The third kappa shape index (κ3) is 3.33. The Morgan fingerprint density at radius 3 is 2.40 bits per heavy atom. The number of hydrogen-bond donors (Lipinski definition) is 1. The van der Waals surface area contributed by atoms with Gasteiger partial charge in [-0.05, 0) is 32.0 Å². The summed E-state index contributed by atoms with van der Waals surface area (Å²) in [7, 11) is -1.96. The molecule has 0 atom stereocenters. The van der Waals surface area contributed by atoms with Crippen LogP contribution in [0, 0.1) is 13.8 Å². The lowest BCUT2D eigenvalue weighted by Crippen LogP contribution is -2.48. The Hall–Kier alpha value is -1.77. The minimum absolute atomic E-state index is 0.286. The number of rotatable bonds is 4. The van der Waals surface area contributed by atoms with Crippen LogP contribution in [0.25, 0.3) is 0 Å². The maximum atomic E-state index is 12.9. The fraction of sp³-hybridized carbons (Fsp3) is 0.438. The van der Waals surface area contributed by atoms with Crippen LogP contribution in [0.1, 0.15) is 11.4 Å². The minimum atomic E-state index is -3.54. The van der Waals surface area contributed by atoms with E-state index < -0.39 is 10.0 Å². The predicted molar refractivity (Wildman–Crippen MR) is 97.0 cm³/mol. The average Bonchev–Trinajstić information content (AvgIpc) is 2.94. The first-order chi connectivity index (χ1) is 11.8. The fourth-order valence-corrected chi connectivity index (χ4v) is 5.09. The molecule has 1 fully saturated rings. The van der Waals surface area contributed by atoms with Crippen LogP contribution < -0.4 is 9.64 Å². The number of anilines is 1. The van der Waals surface area contributed by atoms with Crippen molar-refractivity contribution < 1.29 is 13.2 Å². The molecule has 0 bridgehead atoms. The number of aryl methyl sites for hydroxylation is 2. The molecule has 3 rings (SSSR count). The van der Waals surface area contributed by atoms with Crippen LogP contribution in [-0.2, 0) is 10.0 Å². The van der Waals surface area contributed by atoms with Crippen molar-refractivity contribution in [2.45, 2.75) is 18.7 Å². The van der Waals surface area contributed by atoms with Crippen LogP contribution in [-0.4, -0.2) is 56.2 Å². The monoisotopic (exact) mass is 384 g/mol. The lowest BCUT2D eigenvalue weighted by molar-refractivity contribution is 0.384. The maximum absolute atomic E-state index is 12.9. The Bertz CT molecular complexity index is 854. The highest BCUT2D eigenvalue weighted by atomic mass is 35.5. The molecule has 2 aromatic rings. The summed E-state index contributed by atoms with van der Waals surface area (Å²) in [6, 6.07) is 5.59. The van der Waals surface area contributed by atoms with E-state index in [9.17, 15) is 8.42 Å². The Morgan fingerprint density at radius 1 is 1.20 bits per heavy atom. The smallest absolute Gasteiger partial charge is 0.246 e. The fourth-order valence-electron chi connectivity index (χ4n) is 3.09. The number of methoxy groups -OCH3 is 1. The zero-order valence-corrected chi connectivity index (χ0v) is 16.0. The first-order valence-electron chi connectivity index (χ1n) is 7.95. The van der Waals surface area contributed by atoms with Gasteiger partial charge in [0.2, 0.25) is 10.0 Å². The number of aromatic amines is 1. The van der Waals surface area contributed by atoms with E-state index in [1.807, 2.05) is 18.2 Å². The van der Waals surface area contributed by atoms with Crippen LogP contribution in [0.15, 0.2) is 23.1 Å². The van der Waals surface area contributed by atoms with E-state index in [2.05, 4.69) is 15.1 Å². The number of aromatic nitrogens is 2. The van der Waals surface area contributed by atoms with Gasteiger partial charge in [0.1, 0.15) is 10.6 Å². The Labute approximate surface area is 152 Å². The van der Waals surface area contributed by atoms with Crippen molar-refractivity contribution in [1.29, 1.82) is 0 Å². The number of nitrogens with zero attached hydrogens (tertiary/aromatic N) is 3. The van der Waals surface area contributed by atoms with Crippen LogP contribution in [0.3, 0.4) is 0 Å². The SMILES string of the molecule is COc1ccc(N2CCN(S(=O)(=O)c3c(C)n[nH]c3C)CC2)cc1Cl. The Balaban J connectivity index is 1.75. The number of piperazine rings is 1.